The van der Waals surface area contributed by atoms with E-state index in [9.17, 15) is 4.79 Å². The fourth-order valence-corrected chi connectivity index (χ4v) is 3.36. The van der Waals surface area contributed by atoms with E-state index >= 15 is 0 Å². The Hall–Kier alpha value is -0.770. The van der Waals surface area contributed by atoms with Gasteiger partial charge < -0.3 is 10.6 Å². The fraction of sp³-hybridized carbons (Fsp3) is 0.533. The molecule has 1 aliphatic heterocycles. The van der Waals surface area contributed by atoms with Crippen LogP contribution >= 0.6 is 23.2 Å². The van der Waals surface area contributed by atoms with Crippen LogP contribution in [0, 0.1) is 5.92 Å². The molecule has 1 aliphatic carbocycles. The number of piperidine rings is 1. The number of carbonyl (C=O) groups is 1. The molecule has 3 rings (SSSR count). The van der Waals surface area contributed by atoms with Gasteiger partial charge in [-0.1, -0.05) is 35.3 Å². The number of hydrogen-bond acceptors (Lipinski definition) is 2. The van der Waals surface area contributed by atoms with Gasteiger partial charge in [0.25, 0.3) is 0 Å². The van der Waals surface area contributed by atoms with Crippen molar-refractivity contribution in [1.29, 1.82) is 0 Å². The highest BCUT2D eigenvalue weighted by Crippen LogP contribution is 2.50. The van der Waals surface area contributed by atoms with Gasteiger partial charge in [0.05, 0.1) is 10.0 Å². The molecule has 0 spiro atoms. The standard InChI is InChI=1S/C15H18Cl2N2O/c16-13-3-1-2-10(14(13)17)11-8-12(11)15(20)19-9-4-6-18-7-5-9/h1-3,9,11-12,18H,4-8H2,(H,19,20). The number of benzene rings is 1. The van der Waals surface area contributed by atoms with Crippen LogP contribution in [-0.2, 0) is 4.79 Å². The third-order valence-electron chi connectivity index (χ3n) is 4.19. The molecule has 5 heteroatoms. The van der Waals surface area contributed by atoms with E-state index in [4.69, 9.17) is 23.2 Å². The number of halogens is 2. The Labute approximate surface area is 129 Å². The minimum atomic E-state index is 0.0563. The Bertz CT molecular complexity index is 515. The van der Waals surface area contributed by atoms with E-state index in [1.165, 1.54) is 0 Å². The topological polar surface area (TPSA) is 41.1 Å². The second-order valence-corrected chi connectivity index (χ2v) is 6.41. The minimum Gasteiger partial charge on any atom is -0.353 e. The first-order valence-corrected chi connectivity index (χ1v) is 7.87. The van der Waals surface area contributed by atoms with Gasteiger partial charge in [0.1, 0.15) is 0 Å². The van der Waals surface area contributed by atoms with E-state index in [0.717, 1.165) is 37.9 Å². The maximum absolute atomic E-state index is 12.2. The zero-order valence-electron chi connectivity index (χ0n) is 11.2. The maximum Gasteiger partial charge on any atom is 0.223 e. The van der Waals surface area contributed by atoms with Gasteiger partial charge in [-0.3, -0.25) is 4.79 Å². The van der Waals surface area contributed by atoms with Crippen LogP contribution in [0.25, 0.3) is 0 Å². The minimum absolute atomic E-state index is 0.0563. The Balaban J connectivity index is 1.60. The summed E-state index contributed by atoms with van der Waals surface area (Å²) in [6.07, 6.45) is 2.90. The summed E-state index contributed by atoms with van der Waals surface area (Å²) in [5.41, 5.74) is 1.00. The third kappa shape index (κ3) is 2.95. The molecule has 0 aromatic heterocycles. The van der Waals surface area contributed by atoms with Gasteiger partial charge in [-0.15, -0.1) is 0 Å². The second kappa shape index (κ2) is 5.92. The zero-order chi connectivity index (χ0) is 14.1. The van der Waals surface area contributed by atoms with Gasteiger partial charge in [0.15, 0.2) is 0 Å². The van der Waals surface area contributed by atoms with E-state index in [0.29, 0.717) is 16.1 Å². The van der Waals surface area contributed by atoms with Crippen molar-refractivity contribution in [2.75, 3.05) is 13.1 Å². The van der Waals surface area contributed by atoms with Gasteiger partial charge >= 0.3 is 0 Å². The van der Waals surface area contributed by atoms with Crippen molar-refractivity contribution in [2.45, 2.75) is 31.2 Å². The fourth-order valence-electron chi connectivity index (χ4n) is 2.91. The molecule has 108 valence electrons. The molecular formula is C15H18Cl2N2O. The molecule has 2 fully saturated rings. The summed E-state index contributed by atoms with van der Waals surface area (Å²) in [7, 11) is 0. The normalized spacial score (nSPS) is 26.3. The Morgan fingerprint density at radius 2 is 2.00 bits per heavy atom. The maximum atomic E-state index is 12.2. The van der Waals surface area contributed by atoms with E-state index in [1.54, 1.807) is 6.07 Å². The molecule has 0 bridgehead atoms. The van der Waals surface area contributed by atoms with Crippen LogP contribution in [0.15, 0.2) is 18.2 Å². The lowest BCUT2D eigenvalue weighted by molar-refractivity contribution is -0.123. The molecule has 1 heterocycles. The summed E-state index contributed by atoms with van der Waals surface area (Å²) in [6.45, 7) is 1.97. The van der Waals surface area contributed by atoms with Crippen LogP contribution in [0.3, 0.4) is 0 Å². The van der Waals surface area contributed by atoms with Crippen LogP contribution in [0.4, 0.5) is 0 Å². The van der Waals surface area contributed by atoms with Crippen LogP contribution in [0.5, 0.6) is 0 Å². The van der Waals surface area contributed by atoms with Crippen molar-refractivity contribution < 1.29 is 4.79 Å². The molecule has 20 heavy (non-hydrogen) atoms. The second-order valence-electron chi connectivity index (χ2n) is 5.62. The largest absolute Gasteiger partial charge is 0.353 e. The van der Waals surface area contributed by atoms with Crippen molar-refractivity contribution in [3.63, 3.8) is 0 Å². The molecule has 2 N–H and O–H groups in total. The first kappa shape index (κ1) is 14.2. The highest BCUT2D eigenvalue weighted by Gasteiger charge is 2.45. The molecule has 1 saturated carbocycles. The third-order valence-corrected chi connectivity index (χ3v) is 5.03. The van der Waals surface area contributed by atoms with E-state index in [-0.39, 0.29) is 17.7 Å². The summed E-state index contributed by atoms with van der Waals surface area (Å²) in [5, 5.41) is 7.61. The molecule has 2 atom stereocenters. The number of amides is 1. The van der Waals surface area contributed by atoms with Crippen LogP contribution in [0.1, 0.15) is 30.7 Å². The highest BCUT2D eigenvalue weighted by atomic mass is 35.5. The summed E-state index contributed by atoms with van der Waals surface area (Å²) >= 11 is 12.2. The Morgan fingerprint density at radius 3 is 2.75 bits per heavy atom. The highest BCUT2D eigenvalue weighted by molar-refractivity contribution is 6.42. The molecule has 1 aromatic rings. The number of hydrogen-bond donors (Lipinski definition) is 2. The molecule has 1 saturated heterocycles. The monoisotopic (exact) mass is 312 g/mol. The smallest absolute Gasteiger partial charge is 0.223 e. The summed E-state index contributed by atoms with van der Waals surface area (Å²) in [5.74, 6) is 0.446. The average molecular weight is 313 g/mol. The Morgan fingerprint density at radius 1 is 1.25 bits per heavy atom. The van der Waals surface area contributed by atoms with E-state index < -0.39 is 0 Å². The van der Waals surface area contributed by atoms with Gasteiger partial charge in [0, 0.05) is 12.0 Å². The molecule has 0 radical (unpaired) electrons. The predicted octanol–water partition coefficient (Wildman–Crippen LogP) is 2.97. The molecular weight excluding hydrogens is 295 g/mol. The Kier molecular flexibility index (Phi) is 4.20. The van der Waals surface area contributed by atoms with Gasteiger partial charge in [0.2, 0.25) is 5.91 Å². The van der Waals surface area contributed by atoms with Gasteiger partial charge in [-0.25, -0.2) is 0 Å². The summed E-state index contributed by atoms with van der Waals surface area (Å²) in [4.78, 5) is 12.2. The van der Waals surface area contributed by atoms with E-state index in [2.05, 4.69) is 10.6 Å². The van der Waals surface area contributed by atoms with Crippen molar-refractivity contribution >= 4 is 29.1 Å². The SMILES string of the molecule is O=C(NC1CCNCC1)C1CC1c1cccc(Cl)c1Cl. The molecule has 2 unspecified atom stereocenters. The predicted molar refractivity (Wildman–Crippen MR) is 81.3 cm³/mol. The first-order chi connectivity index (χ1) is 9.66. The zero-order valence-corrected chi connectivity index (χ0v) is 12.7. The van der Waals surface area contributed by atoms with Crippen LogP contribution in [0.2, 0.25) is 10.0 Å². The molecule has 2 aliphatic rings. The molecule has 3 nitrogen and oxygen atoms in total. The quantitative estimate of drug-likeness (QED) is 0.901. The lowest BCUT2D eigenvalue weighted by Gasteiger charge is -2.23. The van der Waals surface area contributed by atoms with Crippen molar-refractivity contribution in [2.24, 2.45) is 5.92 Å². The number of rotatable bonds is 3. The first-order valence-electron chi connectivity index (χ1n) is 7.12. The van der Waals surface area contributed by atoms with Crippen molar-refractivity contribution in [1.82, 2.24) is 10.6 Å². The van der Waals surface area contributed by atoms with Crippen LogP contribution in [-0.4, -0.2) is 25.0 Å². The van der Waals surface area contributed by atoms with Crippen molar-refractivity contribution in [3.05, 3.63) is 33.8 Å². The average Bonchev–Trinajstić information content (AvgIpc) is 3.23. The van der Waals surface area contributed by atoms with Crippen molar-refractivity contribution in [3.8, 4) is 0 Å². The summed E-state index contributed by atoms with van der Waals surface area (Å²) < 4.78 is 0. The molecule has 1 aromatic carbocycles. The van der Waals surface area contributed by atoms with Gasteiger partial charge in [-0.05, 0) is 49.9 Å². The lowest BCUT2D eigenvalue weighted by Crippen LogP contribution is -2.43. The van der Waals surface area contributed by atoms with Crippen LogP contribution < -0.4 is 10.6 Å². The van der Waals surface area contributed by atoms with E-state index in [1.807, 2.05) is 12.1 Å². The number of nitrogens with one attached hydrogen (secondary N) is 2. The number of carbonyl (C=O) groups excluding carboxylic acids is 1. The summed E-state index contributed by atoms with van der Waals surface area (Å²) in [6, 6.07) is 5.96. The lowest BCUT2D eigenvalue weighted by atomic mass is 10.1. The molecule has 1 amide bonds. The van der Waals surface area contributed by atoms with Gasteiger partial charge in [-0.2, -0.15) is 0 Å².